The Hall–Kier alpha value is -3.47. The zero-order valence-corrected chi connectivity index (χ0v) is 16.1. The highest BCUT2D eigenvalue weighted by molar-refractivity contribution is 5.96. The third kappa shape index (κ3) is 3.16. The minimum absolute atomic E-state index is 0.309. The molecule has 4 aromatic rings. The van der Waals surface area contributed by atoms with E-state index in [4.69, 9.17) is 0 Å². The highest BCUT2D eigenvalue weighted by Gasteiger charge is 2.14. The Morgan fingerprint density at radius 2 is 1.75 bits per heavy atom. The number of carboxylic acid groups (broad SMARTS) is 1. The van der Waals surface area contributed by atoms with Gasteiger partial charge in [0.25, 0.3) is 0 Å². The zero-order chi connectivity index (χ0) is 19.8. The lowest BCUT2D eigenvalue weighted by molar-refractivity contribution is 0.0697. The summed E-state index contributed by atoms with van der Waals surface area (Å²) in [6.07, 6.45) is 0.728. The van der Waals surface area contributed by atoms with Gasteiger partial charge in [-0.2, -0.15) is 5.10 Å². The van der Waals surface area contributed by atoms with Crippen LogP contribution in [0.25, 0.3) is 16.8 Å². The number of nitrogens with zero attached hydrogens (tertiary/aromatic N) is 3. The van der Waals surface area contributed by atoms with Crippen molar-refractivity contribution in [2.24, 2.45) is 0 Å². The number of hydrogen-bond donors (Lipinski definition) is 1. The molecule has 28 heavy (non-hydrogen) atoms. The highest BCUT2D eigenvalue weighted by atomic mass is 16.4. The van der Waals surface area contributed by atoms with Crippen molar-refractivity contribution in [1.82, 2.24) is 14.6 Å². The number of benzene rings is 2. The summed E-state index contributed by atoms with van der Waals surface area (Å²) in [7, 11) is 0. The quantitative estimate of drug-likeness (QED) is 0.569. The van der Waals surface area contributed by atoms with Gasteiger partial charge in [-0.05, 0) is 49.6 Å². The second kappa shape index (κ2) is 6.93. The molecule has 0 radical (unpaired) electrons. The maximum absolute atomic E-state index is 11.5. The molecular weight excluding hydrogens is 350 g/mol. The Morgan fingerprint density at radius 3 is 2.46 bits per heavy atom. The van der Waals surface area contributed by atoms with E-state index in [-0.39, 0.29) is 0 Å². The van der Waals surface area contributed by atoms with Gasteiger partial charge in [-0.15, -0.1) is 0 Å². The average Bonchev–Trinajstić information content (AvgIpc) is 2.98. The van der Waals surface area contributed by atoms with Crippen LogP contribution in [0.15, 0.2) is 54.6 Å². The van der Waals surface area contributed by atoms with Crippen molar-refractivity contribution < 1.29 is 9.90 Å². The molecule has 2 aromatic carbocycles. The average molecular weight is 371 g/mol. The van der Waals surface area contributed by atoms with Gasteiger partial charge < -0.3 is 5.11 Å². The standard InChI is InChI=1S/C23H21N3O2/c1-14-12-15(2)26-22(24-14)21(16(3)25-26)13-17-8-10-18(11-9-17)19-6-4-5-7-20(19)23(27)28/h4-12H,13H2,1-3H3,(H,27,28). The van der Waals surface area contributed by atoms with Crippen molar-refractivity contribution in [1.29, 1.82) is 0 Å². The van der Waals surface area contributed by atoms with Gasteiger partial charge in [0.05, 0.1) is 11.3 Å². The SMILES string of the molecule is Cc1cc(C)n2nc(C)c(Cc3ccc(-c4ccccc4C(=O)O)cc3)c2n1. The molecule has 5 heteroatoms. The monoisotopic (exact) mass is 371 g/mol. The molecule has 140 valence electrons. The molecule has 0 saturated heterocycles. The Morgan fingerprint density at radius 1 is 1.04 bits per heavy atom. The lowest BCUT2D eigenvalue weighted by Crippen LogP contribution is -1.99. The molecule has 0 saturated carbocycles. The second-order valence-corrected chi connectivity index (χ2v) is 7.06. The van der Waals surface area contributed by atoms with Gasteiger partial charge >= 0.3 is 5.97 Å². The highest BCUT2D eigenvalue weighted by Crippen LogP contribution is 2.26. The minimum atomic E-state index is -0.918. The Balaban J connectivity index is 1.69. The molecule has 0 aliphatic carbocycles. The van der Waals surface area contributed by atoms with E-state index in [1.807, 2.05) is 67.8 Å². The zero-order valence-electron chi connectivity index (χ0n) is 16.1. The van der Waals surface area contributed by atoms with Gasteiger partial charge in [-0.25, -0.2) is 14.3 Å². The number of carbonyl (C=O) groups is 1. The third-order valence-corrected chi connectivity index (χ3v) is 4.99. The van der Waals surface area contributed by atoms with Crippen LogP contribution in [-0.4, -0.2) is 25.7 Å². The Bertz CT molecular complexity index is 1190. The van der Waals surface area contributed by atoms with Crippen molar-refractivity contribution in [3.05, 3.63) is 88.4 Å². The minimum Gasteiger partial charge on any atom is -0.478 e. The van der Waals surface area contributed by atoms with E-state index >= 15 is 0 Å². The van der Waals surface area contributed by atoms with Gasteiger partial charge in [0.15, 0.2) is 5.65 Å². The lowest BCUT2D eigenvalue weighted by Gasteiger charge is -2.08. The number of fused-ring (bicyclic) bond motifs is 1. The van der Waals surface area contributed by atoms with Gasteiger partial charge in [0, 0.05) is 23.4 Å². The first-order chi connectivity index (χ1) is 13.4. The van der Waals surface area contributed by atoms with E-state index in [9.17, 15) is 9.90 Å². The van der Waals surface area contributed by atoms with Crippen LogP contribution in [0.2, 0.25) is 0 Å². The molecule has 0 unspecified atom stereocenters. The van der Waals surface area contributed by atoms with E-state index < -0.39 is 5.97 Å². The van der Waals surface area contributed by atoms with Gasteiger partial charge in [0.1, 0.15) is 0 Å². The first-order valence-corrected chi connectivity index (χ1v) is 9.18. The molecule has 0 amide bonds. The van der Waals surface area contributed by atoms with E-state index in [0.29, 0.717) is 5.56 Å². The molecule has 0 aliphatic heterocycles. The molecular formula is C23H21N3O2. The molecule has 4 rings (SSSR count). The first-order valence-electron chi connectivity index (χ1n) is 9.18. The maximum atomic E-state index is 11.5. The van der Waals surface area contributed by atoms with E-state index in [1.54, 1.807) is 12.1 Å². The van der Waals surface area contributed by atoms with Gasteiger partial charge in [0.2, 0.25) is 0 Å². The fourth-order valence-electron chi connectivity index (χ4n) is 3.61. The number of aromatic carboxylic acids is 1. The van der Waals surface area contributed by atoms with Crippen LogP contribution in [0.3, 0.4) is 0 Å². The maximum Gasteiger partial charge on any atom is 0.336 e. The topological polar surface area (TPSA) is 67.5 Å². The number of rotatable bonds is 4. The molecule has 5 nitrogen and oxygen atoms in total. The number of carboxylic acids is 1. The number of aromatic nitrogens is 3. The van der Waals surface area contributed by atoms with Crippen LogP contribution in [0.1, 0.15) is 38.6 Å². The smallest absolute Gasteiger partial charge is 0.336 e. The second-order valence-electron chi connectivity index (χ2n) is 7.06. The van der Waals surface area contributed by atoms with Crippen LogP contribution in [0.4, 0.5) is 0 Å². The fraction of sp³-hybridized carbons (Fsp3) is 0.174. The number of aryl methyl sites for hydroxylation is 3. The molecule has 1 N–H and O–H groups in total. The summed E-state index contributed by atoms with van der Waals surface area (Å²) in [6.45, 7) is 6.04. The molecule has 2 heterocycles. The van der Waals surface area contributed by atoms with Crippen LogP contribution in [0, 0.1) is 20.8 Å². The lowest BCUT2D eigenvalue weighted by atomic mass is 9.97. The fourth-order valence-corrected chi connectivity index (χ4v) is 3.61. The van der Waals surface area contributed by atoms with Crippen molar-refractivity contribution in [3.8, 4) is 11.1 Å². The van der Waals surface area contributed by atoms with Crippen LogP contribution < -0.4 is 0 Å². The van der Waals surface area contributed by atoms with Crippen molar-refractivity contribution >= 4 is 11.6 Å². The van der Waals surface area contributed by atoms with Crippen molar-refractivity contribution in [2.75, 3.05) is 0 Å². The van der Waals surface area contributed by atoms with Crippen molar-refractivity contribution in [3.63, 3.8) is 0 Å². The number of hydrogen-bond acceptors (Lipinski definition) is 3. The predicted molar refractivity (Wildman–Crippen MR) is 109 cm³/mol. The summed E-state index contributed by atoms with van der Waals surface area (Å²) in [4.78, 5) is 16.2. The predicted octanol–water partition coefficient (Wildman–Crippen LogP) is 4.61. The summed E-state index contributed by atoms with van der Waals surface area (Å²) in [5.74, 6) is -0.918. The molecule has 2 aromatic heterocycles. The summed E-state index contributed by atoms with van der Waals surface area (Å²) < 4.78 is 1.90. The van der Waals surface area contributed by atoms with Crippen LogP contribution >= 0.6 is 0 Å². The third-order valence-electron chi connectivity index (χ3n) is 4.99. The Kier molecular flexibility index (Phi) is 4.43. The van der Waals surface area contributed by atoms with Crippen LogP contribution in [0.5, 0.6) is 0 Å². The van der Waals surface area contributed by atoms with Gasteiger partial charge in [-0.1, -0.05) is 42.5 Å². The summed E-state index contributed by atoms with van der Waals surface area (Å²) in [5, 5.41) is 14.0. The molecule has 0 spiro atoms. The van der Waals surface area contributed by atoms with Crippen molar-refractivity contribution in [2.45, 2.75) is 27.2 Å². The molecule has 0 bridgehead atoms. The largest absolute Gasteiger partial charge is 0.478 e. The normalized spacial score (nSPS) is 11.1. The van der Waals surface area contributed by atoms with Gasteiger partial charge in [-0.3, -0.25) is 0 Å². The Labute approximate surface area is 163 Å². The van der Waals surface area contributed by atoms with E-state index in [1.165, 1.54) is 0 Å². The molecule has 0 atom stereocenters. The summed E-state index contributed by atoms with van der Waals surface area (Å²) in [5.41, 5.74) is 8.09. The van der Waals surface area contributed by atoms with Crippen LogP contribution in [-0.2, 0) is 6.42 Å². The van der Waals surface area contributed by atoms with E-state index in [2.05, 4.69) is 10.1 Å². The molecule has 0 fully saturated rings. The molecule has 0 aliphatic rings. The van der Waals surface area contributed by atoms with E-state index in [0.717, 1.165) is 51.4 Å². The summed E-state index contributed by atoms with van der Waals surface area (Å²) >= 11 is 0. The first kappa shape index (κ1) is 17.9. The summed E-state index contributed by atoms with van der Waals surface area (Å²) in [6, 6.07) is 17.1.